The van der Waals surface area contributed by atoms with Crippen molar-refractivity contribution in [3.8, 4) is 0 Å². The molecule has 1 nitrogen and oxygen atoms in total. The van der Waals surface area contributed by atoms with Crippen LogP contribution in [0.1, 0.15) is 75.5 Å². The van der Waals surface area contributed by atoms with Crippen molar-refractivity contribution in [2.75, 3.05) is 0 Å². The van der Waals surface area contributed by atoms with E-state index in [9.17, 15) is 0 Å². The number of hydrogen-bond acceptors (Lipinski definition) is 1. The van der Waals surface area contributed by atoms with E-state index in [2.05, 4.69) is 45.9 Å². The molecule has 1 aromatic rings. The maximum absolute atomic E-state index is 6.50. The molecule has 0 bridgehead atoms. The van der Waals surface area contributed by atoms with Gasteiger partial charge in [0, 0.05) is 5.54 Å². The molecule has 0 aromatic heterocycles. The third-order valence-electron chi connectivity index (χ3n) is 4.22. The highest BCUT2D eigenvalue weighted by Gasteiger charge is 2.20. The molecule has 108 valence electrons. The van der Waals surface area contributed by atoms with Gasteiger partial charge in [-0.2, -0.15) is 0 Å². The van der Waals surface area contributed by atoms with Gasteiger partial charge in [-0.25, -0.2) is 0 Å². The van der Waals surface area contributed by atoms with E-state index in [1.165, 1.54) is 55.2 Å². The van der Waals surface area contributed by atoms with Gasteiger partial charge in [0.15, 0.2) is 0 Å². The SMILES string of the molecule is CCCCCCCCC(C)(N)c1ccc(C)c(C)c1. The summed E-state index contributed by atoms with van der Waals surface area (Å²) in [5.41, 5.74) is 10.3. The normalized spacial score (nSPS) is 14.4. The van der Waals surface area contributed by atoms with Crippen LogP contribution < -0.4 is 5.73 Å². The zero-order valence-corrected chi connectivity index (χ0v) is 13.3. The first-order valence-electron chi connectivity index (χ1n) is 7.84. The Bertz CT molecular complexity index is 379. The first-order chi connectivity index (χ1) is 8.97. The maximum atomic E-state index is 6.50. The molecule has 0 saturated carbocycles. The maximum Gasteiger partial charge on any atom is 0.0381 e. The highest BCUT2D eigenvalue weighted by molar-refractivity contribution is 5.33. The second-order valence-corrected chi connectivity index (χ2v) is 6.23. The fourth-order valence-electron chi connectivity index (χ4n) is 2.51. The minimum atomic E-state index is -0.177. The highest BCUT2D eigenvalue weighted by atomic mass is 14.7. The van der Waals surface area contributed by atoms with Gasteiger partial charge in [-0.05, 0) is 43.9 Å². The Morgan fingerprint density at radius 2 is 1.58 bits per heavy atom. The number of unbranched alkanes of at least 4 members (excludes halogenated alkanes) is 5. The van der Waals surface area contributed by atoms with Crippen LogP contribution in [0.2, 0.25) is 0 Å². The van der Waals surface area contributed by atoms with Gasteiger partial charge in [0.2, 0.25) is 0 Å². The van der Waals surface area contributed by atoms with Crippen LogP contribution in [0, 0.1) is 13.8 Å². The predicted molar refractivity (Wildman–Crippen MR) is 85.4 cm³/mol. The van der Waals surface area contributed by atoms with Gasteiger partial charge in [0.05, 0.1) is 0 Å². The molecule has 0 amide bonds. The van der Waals surface area contributed by atoms with Crippen LogP contribution >= 0.6 is 0 Å². The Labute approximate surface area is 119 Å². The lowest BCUT2D eigenvalue weighted by atomic mass is 9.86. The fourth-order valence-corrected chi connectivity index (χ4v) is 2.51. The van der Waals surface area contributed by atoms with Crippen LogP contribution in [0.4, 0.5) is 0 Å². The minimum Gasteiger partial charge on any atom is -0.322 e. The van der Waals surface area contributed by atoms with Gasteiger partial charge in [-0.1, -0.05) is 63.6 Å². The molecular formula is C18H31N. The zero-order valence-electron chi connectivity index (χ0n) is 13.3. The van der Waals surface area contributed by atoms with E-state index in [1.807, 2.05) is 0 Å². The molecule has 0 radical (unpaired) electrons. The lowest BCUT2D eigenvalue weighted by Gasteiger charge is -2.26. The Kier molecular flexibility index (Phi) is 6.57. The van der Waals surface area contributed by atoms with Crippen molar-refractivity contribution in [3.05, 3.63) is 34.9 Å². The van der Waals surface area contributed by atoms with E-state index >= 15 is 0 Å². The van der Waals surface area contributed by atoms with Crippen LogP contribution in [-0.4, -0.2) is 0 Å². The van der Waals surface area contributed by atoms with E-state index in [4.69, 9.17) is 5.73 Å². The topological polar surface area (TPSA) is 26.0 Å². The van der Waals surface area contributed by atoms with E-state index in [0.717, 1.165) is 6.42 Å². The smallest absolute Gasteiger partial charge is 0.0381 e. The number of rotatable bonds is 8. The summed E-state index contributed by atoms with van der Waals surface area (Å²) in [6, 6.07) is 6.64. The summed E-state index contributed by atoms with van der Waals surface area (Å²) in [4.78, 5) is 0. The number of nitrogens with two attached hydrogens (primary N) is 1. The molecule has 0 aliphatic heterocycles. The summed E-state index contributed by atoms with van der Waals surface area (Å²) >= 11 is 0. The molecule has 0 fully saturated rings. The Balaban J connectivity index is 2.44. The lowest BCUT2D eigenvalue weighted by Crippen LogP contribution is -2.33. The molecular weight excluding hydrogens is 230 g/mol. The molecule has 0 aliphatic rings. The van der Waals surface area contributed by atoms with Crippen molar-refractivity contribution in [3.63, 3.8) is 0 Å². The minimum absolute atomic E-state index is 0.177. The lowest BCUT2D eigenvalue weighted by molar-refractivity contribution is 0.421. The number of aryl methyl sites for hydroxylation is 2. The van der Waals surface area contributed by atoms with Crippen LogP contribution in [-0.2, 0) is 5.54 Å². The van der Waals surface area contributed by atoms with Crippen LogP contribution in [0.3, 0.4) is 0 Å². The van der Waals surface area contributed by atoms with E-state index in [1.54, 1.807) is 0 Å². The second-order valence-electron chi connectivity index (χ2n) is 6.23. The van der Waals surface area contributed by atoms with Crippen molar-refractivity contribution < 1.29 is 0 Å². The summed E-state index contributed by atoms with van der Waals surface area (Å²) in [5, 5.41) is 0. The van der Waals surface area contributed by atoms with Gasteiger partial charge in [0.1, 0.15) is 0 Å². The van der Waals surface area contributed by atoms with Gasteiger partial charge in [0.25, 0.3) is 0 Å². The van der Waals surface area contributed by atoms with Gasteiger partial charge < -0.3 is 5.73 Å². The summed E-state index contributed by atoms with van der Waals surface area (Å²) < 4.78 is 0. The van der Waals surface area contributed by atoms with E-state index < -0.39 is 0 Å². The van der Waals surface area contributed by atoms with Crippen LogP contribution in [0.25, 0.3) is 0 Å². The summed E-state index contributed by atoms with van der Waals surface area (Å²) in [5.74, 6) is 0. The van der Waals surface area contributed by atoms with Crippen molar-refractivity contribution in [1.29, 1.82) is 0 Å². The van der Waals surface area contributed by atoms with Crippen LogP contribution in [0.15, 0.2) is 18.2 Å². The third-order valence-corrected chi connectivity index (χ3v) is 4.22. The van der Waals surface area contributed by atoms with Crippen molar-refractivity contribution in [2.24, 2.45) is 5.73 Å². The van der Waals surface area contributed by atoms with Crippen molar-refractivity contribution in [1.82, 2.24) is 0 Å². The van der Waals surface area contributed by atoms with Crippen molar-refractivity contribution in [2.45, 2.75) is 78.2 Å². The Hall–Kier alpha value is -0.820. The van der Waals surface area contributed by atoms with E-state index in [-0.39, 0.29) is 5.54 Å². The Morgan fingerprint density at radius 3 is 2.21 bits per heavy atom. The monoisotopic (exact) mass is 261 g/mol. The highest BCUT2D eigenvalue weighted by Crippen LogP contribution is 2.26. The Morgan fingerprint density at radius 1 is 0.947 bits per heavy atom. The van der Waals surface area contributed by atoms with E-state index in [0.29, 0.717) is 0 Å². The molecule has 1 rings (SSSR count). The first-order valence-corrected chi connectivity index (χ1v) is 7.84. The molecule has 1 unspecified atom stereocenters. The molecule has 19 heavy (non-hydrogen) atoms. The molecule has 1 heteroatoms. The quantitative estimate of drug-likeness (QED) is 0.637. The van der Waals surface area contributed by atoms with Gasteiger partial charge in [-0.15, -0.1) is 0 Å². The molecule has 0 aliphatic carbocycles. The third kappa shape index (κ3) is 5.36. The second kappa shape index (κ2) is 7.69. The first kappa shape index (κ1) is 16.2. The standard InChI is InChI=1S/C18H31N/c1-5-6-7-8-9-10-13-18(4,19)17-12-11-15(2)16(3)14-17/h11-12,14H,5-10,13,19H2,1-4H3. The molecule has 1 atom stereocenters. The van der Waals surface area contributed by atoms with Gasteiger partial charge in [-0.3, -0.25) is 0 Å². The predicted octanol–water partition coefficient (Wildman–Crippen LogP) is 5.23. The molecule has 1 aromatic carbocycles. The summed E-state index contributed by atoms with van der Waals surface area (Å²) in [6.45, 7) is 8.75. The fraction of sp³-hybridized carbons (Fsp3) is 0.667. The molecule has 2 N–H and O–H groups in total. The van der Waals surface area contributed by atoms with Crippen LogP contribution in [0.5, 0.6) is 0 Å². The number of benzene rings is 1. The summed E-state index contributed by atoms with van der Waals surface area (Å²) in [6.07, 6.45) is 9.06. The van der Waals surface area contributed by atoms with Crippen molar-refractivity contribution >= 4 is 0 Å². The molecule has 0 spiro atoms. The average molecular weight is 261 g/mol. The largest absolute Gasteiger partial charge is 0.322 e. The summed E-state index contributed by atoms with van der Waals surface area (Å²) in [7, 11) is 0. The average Bonchev–Trinajstić information content (AvgIpc) is 2.36. The number of hydrogen-bond donors (Lipinski definition) is 1. The van der Waals surface area contributed by atoms with Gasteiger partial charge >= 0.3 is 0 Å². The zero-order chi connectivity index (χ0) is 14.3. The molecule has 0 heterocycles. The molecule has 0 saturated heterocycles.